The van der Waals surface area contributed by atoms with Crippen molar-refractivity contribution >= 4 is 16.7 Å². The van der Waals surface area contributed by atoms with Crippen LogP contribution in [0.3, 0.4) is 0 Å². The quantitative estimate of drug-likeness (QED) is 0.731. The van der Waals surface area contributed by atoms with Crippen LogP contribution in [0.2, 0.25) is 0 Å². The molecule has 0 aliphatic carbocycles. The number of benzene rings is 1. The first kappa shape index (κ1) is 14.2. The summed E-state index contributed by atoms with van der Waals surface area (Å²) in [5.41, 5.74) is 5.31. The number of nitrogens with one attached hydrogen (secondary N) is 1. The molecule has 0 aliphatic rings. The molecule has 2 heterocycles. The normalized spacial score (nSPS) is 10.3. The monoisotopic (exact) mass is 289 g/mol. The fraction of sp³-hybridized carbons (Fsp3) is 0.211. The summed E-state index contributed by atoms with van der Waals surface area (Å²) < 4.78 is 2.01. The molecule has 0 fully saturated rings. The van der Waals surface area contributed by atoms with Crippen molar-refractivity contribution in [3.05, 3.63) is 59.4 Å². The standard InChI is InChI=1S/C19H19N3/c1-4-14-5-7-15(8-6-14)9-10-16-13-22(3)19-18(16)11-17(20-2)12-21-19/h5-8,11-13,20H,4H2,1-3H3. The molecule has 0 saturated heterocycles. The van der Waals surface area contributed by atoms with Crippen molar-refractivity contribution in [2.24, 2.45) is 7.05 Å². The van der Waals surface area contributed by atoms with E-state index in [1.807, 2.05) is 31.1 Å². The summed E-state index contributed by atoms with van der Waals surface area (Å²) >= 11 is 0. The van der Waals surface area contributed by atoms with E-state index in [4.69, 9.17) is 0 Å². The molecule has 3 nitrogen and oxygen atoms in total. The molecular formula is C19H19N3. The van der Waals surface area contributed by atoms with Gasteiger partial charge in [-0.3, -0.25) is 0 Å². The highest BCUT2D eigenvalue weighted by molar-refractivity contribution is 5.86. The van der Waals surface area contributed by atoms with Gasteiger partial charge in [-0.15, -0.1) is 0 Å². The van der Waals surface area contributed by atoms with Crippen LogP contribution in [0.5, 0.6) is 0 Å². The molecule has 0 amide bonds. The average Bonchev–Trinajstić information content (AvgIpc) is 2.89. The molecule has 0 radical (unpaired) electrons. The number of aromatic nitrogens is 2. The van der Waals surface area contributed by atoms with Gasteiger partial charge in [-0.25, -0.2) is 4.98 Å². The summed E-state index contributed by atoms with van der Waals surface area (Å²) in [5, 5.41) is 4.20. The number of pyridine rings is 1. The van der Waals surface area contributed by atoms with Crippen molar-refractivity contribution < 1.29 is 0 Å². The van der Waals surface area contributed by atoms with Gasteiger partial charge in [0.25, 0.3) is 0 Å². The topological polar surface area (TPSA) is 29.9 Å². The Morgan fingerprint density at radius 3 is 2.64 bits per heavy atom. The van der Waals surface area contributed by atoms with E-state index in [9.17, 15) is 0 Å². The highest BCUT2D eigenvalue weighted by Crippen LogP contribution is 2.21. The molecule has 2 aromatic heterocycles. The fourth-order valence-electron chi connectivity index (χ4n) is 2.46. The van der Waals surface area contributed by atoms with E-state index < -0.39 is 0 Å². The second-order valence-electron chi connectivity index (χ2n) is 5.30. The molecule has 110 valence electrons. The highest BCUT2D eigenvalue weighted by Gasteiger charge is 2.06. The van der Waals surface area contributed by atoms with Gasteiger partial charge in [0, 0.05) is 31.2 Å². The van der Waals surface area contributed by atoms with Crippen LogP contribution in [0.15, 0.2) is 42.7 Å². The van der Waals surface area contributed by atoms with Crippen molar-refractivity contribution in [2.75, 3.05) is 12.4 Å². The molecule has 0 bridgehead atoms. The van der Waals surface area contributed by atoms with Crippen molar-refractivity contribution in [3.63, 3.8) is 0 Å². The van der Waals surface area contributed by atoms with E-state index >= 15 is 0 Å². The van der Waals surface area contributed by atoms with E-state index in [0.29, 0.717) is 0 Å². The SMILES string of the molecule is CCc1ccc(C#Cc2cn(C)c3ncc(NC)cc23)cc1. The van der Waals surface area contributed by atoms with Gasteiger partial charge in [-0.1, -0.05) is 30.9 Å². The maximum Gasteiger partial charge on any atom is 0.141 e. The molecule has 3 heteroatoms. The molecule has 0 saturated carbocycles. The van der Waals surface area contributed by atoms with Gasteiger partial charge in [0.1, 0.15) is 5.65 Å². The molecule has 3 aromatic rings. The van der Waals surface area contributed by atoms with E-state index in [0.717, 1.165) is 34.3 Å². The third-order valence-electron chi connectivity index (χ3n) is 3.81. The van der Waals surface area contributed by atoms with Gasteiger partial charge >= 0.3 is 0 Å². The molecular weight excluding hydrogens is 270 g/mol. The van der Waals surface area contributed by atoms with Crippen molar-refractivity contribution in [3.8, 4) is 11.8 Å². The molecule has 3 rings (SSSR count). The van der Waals surface area contributed by atoms with Crippen molar-refractivity contribution in [1.82, 2.24) is 9.55 Å². The van der Waals surface area contributed by atoms with Crippen LogP contribution in [0.1, 0.15) is 23.6 Å². The number of aryl methyl sites for hydroxylation is 2. The molecule has 1 aromatic carbocycles. The van der Waals surface area contributed by atoms with E-state index in [1.165, 1.54) is 5.56 Å². The maximum atomic E-state index is 4.48. The van der Waals surface area contributed by atoms with Crippen LogP contribution in [0, 0.1) is 11.8 Å². The molecule has 0 atom stereocenters. The van der Waals surface area contributed by atoms with Gasteiger partial charge in [-0.05, 0) is 30.2 Å². The Balaban J connectivity index is 2.01. The Bertz CT molecular complexity index is 861. The Morgan fingerprint density at radius 1 is 1.18 bits per heavy atom. The first-order valence-electron chi connectivity index (χ1n) is 7.45. The van der Waals surface area contributed by atoms with Crippen molar-refractivity contribution in [1.29, 1.82) is 0 Å². The average molecular weight is 289 g/mol. The minimum Gasteiger partial charge on any atom is -0.387 e. The predicted octanol–water partition coefficient (Wildman–Crippen LogP) is 3.58. The third kappa shape index (κ3) is 2.68. The van der Waals surface area contributed by atoms with Crippen LogP contribution in [-0.2, 0) is 13.5 Å². The third-order valence-corrected chi connectivity index (χ3v) is 3.81. The minimum absolute atomic E-state index is 0.949. The lowest BCUT2D eigenvalue weighted by atomic mass is 10.1. The Morgan fingerprint density at radius 2 is 1.95 bits per heavy atom. The van der Waals surface area contributed by atoms with Gasteiger partial charge in [-0.2, -0.15) is 0 Å². The predicted molar refractivity (Wildman–Crippen MR) is 92.1 cm³/mol. The number of anilines is 1. The smallest absolute Gasteiger partial charge is 0.141 e. The zero-order valence-corrected chi connectivity index (χ0v) is 13.1. The second-order valence-corrected chi connectivity index (χ2v) is 5.30. The number of hydrogen-bond acceptors (Lipinski definition) is 2. The first-order valence-corrected chi connectivity index (χ1v) is 7.45. The highest BCUT2D eigenvalue weighted by atomic mass is 15.0. The second kappa shape index (κ2) is 5.95. The van der Waals surface area contributed by atoms with E-state index in [2.05, 4.69) is 59.4 Å². The lowest BCUT2D eigenvalue weighted by molar-refractivity contribution is 0.947. The van der Waals surface area contributed by atoms with E-state index in [-0.39, 0.29) is 0 Å². The molecule has 22 heavy (non-hydrogen) atoms. The largest absolute Gasteiger partial charge is 0.387 e. The van der Waals surface area contributed by atoms with Gasteiger partial charge in [0.15, 0.2) is 0 Å². The fourth-order valence-corrected chi connectivity index (χ4v) is 2.46. The summed E-state index contributed by atoms with van der Waals surface area (Å²) in [5.74, 6) is 6.52. The zero-order chi connectivity index (χ0) is 15.5. The molecule has 0 spiro atoms. The summed E-state index contributed by atoms with van der Waals surface area (Å²) in [6, 6.07) is 10.5. The lowest BCUT2D eigenvalue weighted by Gasteiger charge is -1.99. The maximum absolute atomic E-state index is 4.48. The molecule has 0 aliphatic heterocycles. The summed E-state index contributed by atoms with van der Waals surface area (Å²) in [6.07, 6.45) is 4.92. The van der Waals surface area contributed by atoms with Crippen molar-refractivity contribution in [2.45, 2.75) is 13.3 Å². The van der Waals surface area contributed by atoms with Gasteiger partial charge in [0.05, 0.1) is 17.4 Å². The number of rotatable bonds is 2. The Hall–Kier alpha value is -2.73. The Kier molecular flexibility index (Phi) is 3.84. The van der Waals surface area contributed by atoms with Crippen LogP contribution < -0.4 is 5.32 Å². The number of nitrogens with zero attached hydrogens (tertiary/aromatic N) is 2. The minimum atomic E-state index is 0.949. The summed E-state index contributed by atoms with van der Waals surface area (Å²) in [7, 11) is 3.89. The van der Waals surface area contributed by atoms with Gasteiger partial charge < -0.3 is 9.88 Å². The number of hydrogen-bond donors (Lipinski definition) is 1. The first-order chi connectivity index (χ1) is 10.7. The molecule has 1 N–H and O–H groups in total. The van der Waals surface area contributed by atoms with Gasteiger partial charge in [0.2, 0.25) is 0 Å². The van der Waals surface area contributed by atoms with Crippen LogP contribution in [0.4, 0.5) is 5.69 Å². The van der Waals surface area contributed by atoms with Crippen LogP contribution in [-0.4, -0.2) is 16.6 Å². The van der Waals surface area contributed by atoms with Crippen LogP contribution >= 0.6 is 0 Å². The summed E-state index contributed by atoms with van der Waals surface area (Å²) in [4.78, 5) is 4.48. The summed E-state index contributed by atoms with van der Waals surface area (Å²) in [6.45, 7) is 2.16. The number of fused-ring (bicyclic) bond motifs is 1. The van der Waals surface area contributed by atoms with E-state index in [1.54, 1.807) is 0 Å². The zero-order valence-electron chi connectivity index (χ0n) is 13.1. The van der Waals surface area contributed by atoms with Crippen LogP contribution in [0.25, 0.3) is 11.0 Å². The lowest BCUT2D eigenvalue weighted by Crippen LogP contribution is -1.91. The Labute approximate surface area is 131 Å². The molecule has 0 unspecified atom stereocenters.